The van der Waals surface area contributed by atoms with Gasteiger partial charge in [0.05, 0.1) is 12.7 Å². The summed E-state index contributed by atoms with van der Waals surface area (Å²) in [4.78, 5) is 0. The van der Waals surface area contributed by atoms with Gasteiger partial charge in [0, 0.05) is 12.5 Å². The molecular formula is C17H18F2O2. The number of halogens is 2. The van der Waals surface area contributed by atoms with Crippen molar-refractivity contribution in [2.45, 2.75) is 25.9 Å². The van der Waals surface area contributed by atoms with E-state index in [1.54, 1.807) is 18.2 Å². The van der Waals surface area contributed by atoms with Gasteiger partial charge in [-0.3, -0.25) is 0 Å². The largest absolute Gasteiger partial charge is 0.494 e. The molecule has 0 heterocycles. The summed E-state index contributed by atoms with van der Waals surface area (Å²) in [6.07, 6.45) is 0.117. The van der Waals surface area contributed by atoms with Crippen molar-refractivity contribution in [2.75, 3.05) is 6.61 Å². The maximum absolute atomic E-state index is 13.6. The highest BCUT2D eigenvalue weighted by molar-refractivity contribution is 5.31. The number of benzene rings is 2. The number of ether oxygens (including phenoxy) is 1. The maximum atomic E-state index is 13.6. The fourth-order valence-corrected chi connectivity index (χ4v) is 2.04. The number of hydrogen-bond donors (Lipinski definition) is 1. The van der Waals surface area contributed by atoms with Gasteiger partial charge in [-0.1, -0.05) is 25.1 Å². The number of rotatable bonds is 6. The van der Waals surface area contributed by atoms with Gasteiger partial charge in [-0.25, -0.2) is 8.78 Å². The maximum Gasteiger partial charge on any atom is 0.129 e. The Morgan fingerprint density at radius 2 is 1.95 bits per heavy atom. The molecule has 112 valence electrons. The Balaban J connectivity index is 2.10. The zero-order chi connectivity index (χ0) is 15.2. The summed E-state index contributed by atoms with van der Waals surface area (Å²) in [5.74, 6) is -0.596. The van der Waals surface area contributed by atoms with Gasteiger partial charge in [0.1, 0.15) is 17.4 Å². The first-order chi connectivity index (χ1) is 10.1. The van der Waals surface area contributed by atoms with Crippen molar-refractivity contribution in [1.29, 1.82) is 0 Å². The zero-order valence-corrected chi connectivity index (χ0v) is 11.9. The molecule has 0 saturated carbocycles. The summed E-state index contributed by atoms with van der Waals surface area (Å²) < 4.78 is 32.0. The smallest absolute Gasteiger partial charge is 0.129 e. The quantitative estimate of drug-likeness (QED) is 0.871. The van der Waals surface area contributed by atoms with Gasteiger partial charge in [-0.15, -0.1) is 0 Å². The third-order valence-electron chi connectivity index (χ3n) is 3.14. The third kappa shape index (κ3) is 4.26. The molecule has 0 spiro atoms. The van der Waals surface area contributed by atoms with E-state index in [0.717, 1.165) is 12.5 Å². The van der Waals surface area contributed by atoms with Crippen molar-refractivity contribution in [2.24, 2.45) is 0 Å². The van der Waals surface area contributed by atoms with Crippen LogP contribution in [0.2, 0.25) is 0 Å². The van der Waals surface area contributed by atoms with E-state index in [4.69, 9.17) is 4.74 Å². The summed E-state index contributed by atoms with van der Waals surface area (Å²) in [6, 6.07) is 10.4. The second-order valence-corrected chi connectivity index (χ2v) is 4.88. The fourth-order valence-electron chi connectivity index (χ4n) is 2.04. The lowest BCUT2D eigenvalue weighted by Gasteiger charge is -2.13. The van der Waals surface area contributed by atoms with E-state index >= 15 is 0 Å². The molecule has 2 aromatic rings. The molecule has 0 aliphatic heterocycles. The minimum atomic E-state index is -0.866. The first kappa shape index (κ1) is 15.4. The van der Waals surface area contributed by atoms with Crippen LogP contribution in [0, 0.1) is 11.6 Å². The van der Waals surface area contributed by atoms with Crippen LogP contribution < -0.4 is 4.74 Å². The lowest BCUT2D eigenvalue weighted by molar-refractivity contribution is 0.176. The second-order valence-electron chi connectivity index (χ2n) is 4.88. The van der Waals surface area contributed by atoms with Crippen molar-refractivity contribution in [3.8, 4) is 5.75 Å². The molecule has 2 aromatic carbocycles. The fraction of sp³-hybridized carbons (Fsp3) is 0.294. The van der Waals surface area contributed by atoms with Gasteiger partial charge in [-0.05, 0) is 35.7 Å². The molecule has 4 heteroatoms. The zero-order valence-electron chi connectivity index (χ0n) is 11.9. The highest BCUT2D eigenvalue weighted by Crippen LogP contribution is 2.24. The average Bonchev–Trinajstić information content (AvgIpc) is 2.48. The van der Waals surface area contributed by atoms with Crippen molar-refractivity contribution in [3.05, 3.63) is 65.2 Å². The van der Waals surface area contributed by atoms with Crippen LogP contribution in [0.1, 0.15) is 30.6 Å². The molecule has 21 heavy (non-hydrogen) atoms. The van der Waals surface area contributed by atoms with E-state index in [0.29, 0.717) is 17.9 Å². The molecule has 0 bridgehead atoms. The predicted molar refractivity (Wildman–Crippen MR) is 77.2 cm³/mol. The van der Waals surface area contributed by atoms with Gasteiger partial charge in [0.25, 0.3) is 0 Å². The van der Waals surface area contributed by atoms with E-state index in [9.17, 15) is 13.9 Å². The molecule has 0 fully saturated rings. The number of aliphatic hydroxyl groups is 1. The van der Waals surface area contributed by atoms with Gasteiger partial charge in [-0.2, -0.15) is 0 Å². The Morgan fingerprint density at radius 3 is 2.67 bits per heavy atom. The van der Waals surface area contributed by atoms with Crippen molar-refractivity contribution >= 4 is 0 Å². The van der Waals surface area contributed by atoms with E-state index in [1.165, 1.54) is 12.1 Å². The lowest BCUT2D eigenvalue weighted by atomic mass is 10.0. The Kier molecular flexibility index (Phi) is 5.28. The van der Waals surface area contributed by atoms with Crippen LogP contribution in [0.4, 0.5) is 8.78 Å². The molecule has 2 nitrogen and oxygen atoms in total. The van der Waals surface area contributed by atoms with Gasteiger partial charge in [0.15, 0.2) is 0 Å². The van der Waals surface area contributed by atoms with E-state index in [-0.39, 0.29) is 12.0 Å². The molecule has 2 rings (SSSR count). The monoisotopic (exact) mass is 292 g/mol. The van der Waals surface area contributed by atoms with E-state index in [2.05, 4.69) is 0 Å². The first-order valence-electron chi connectivity index (χ1n) is 6.95. The number of aliphatic hydroxyl groups excluding tert-OH is 1. The second kappa shape index (κ2) is 7.18. The summed E-state index contributed by atoms with van der Waals surface area (Å²) in [6.45, 7) is 2.61. The van der Waals surface area contributed by atoms with Crippen LogP contribution in [0.25, 0.3) is 0 Å². The molecule has 0 aromatic heterocycles. The van der Waals surface area contributed by atoms with Gasteiger partial charge in [0.2, 0.25) is 0 Å². The van der Waals surface area contributed by atoms with Crippen LogP contribution >= 0.6 is 0 Å². The first-order valence-corrected chi connectivity index (χ1v) is 6.95. The average molecular weight is 292 g/mol. The van der Waals surface area contributed by atoms with Crippen molar-refractivity contribution < 1.29 is 18.6 Å². The normalized spacial score (nSPS) is 12.2. The van der Waals surface area contributed by atoms with E-state index in [1.807, 2.05) is 13.0 Å². The Bertz CT molecular complexity index is 599. The minimum Gasteiger partial charge on any atom is -0.494 e. The molecule has 1 N–H and O–H groups in total. The molecular weight excluding hydrogens is 274 g/mol. The molecule has 0 radical (unpaired) electrons. The standard InChI is InChI=1S/C17H18F2O2/c1-2-8-21-15-5-3-4-13(9-15)17(20)10-12-6-7-14(18)11-16(12)19/h3-7,9,11,17,20H,2,8,10H2,1H3. The van der Waals surface area contributed by atoms with Crippen LogP contribution in [0.3, 0.4) is 0 Å². The Hall–Kier alpha value is -1.94. The summed E-state index contributed by atoms with van der Waals surface area (Å²) in [5, 5.41) is 10.2. The molecule has 1 atom stereocenters. The van der Waals surface area contributed by atoms with Crippen LogP contribution in [0.15, 0.2) is 42.5 Å². The topological polar surface area (TPSA) is 29.5 Å². The van der Waals surface area contributed by atoms with E-state index < -0.39 is 17.7 Å². The molecule has 0 aliphatic rings. The minimum absolute atomic E-state index is 0.0867. The summed E-state index contributed by atoms with van der Waals surface area (Å²) in [7, 11) is 0. The van der Waals surface area contributed by atoms with Crippen molar-refractivity contribution in [3.63, 3.8) is 0 Å². The highest BCUT2D eigenvalue weighted by Gasteiger charge is 2.13. The van der Waals surface area contributed by atoms with Gasteiger partial charge < -0.3 is 9.84 Å². The van der Waals surface area contributed by atoms with Crippen LogP contribution in [-0.2, 0) is 6.42 Å². The molecule has 1 unspecified atom stereocenters. The molecule has 0 aliphatic carbocycles. The number of hydrogen-bond acceptors (Lipinski definition) is 2. The summed E-state index contributed by atoms with van der Waals surface area (Å²) >= 11 is 0. The summed E-state index contributed by atoms with van der Waals surface area (Å²) in [5.41, 5.74) is 0.927. The van der Waals surface area contributed by atoms with Crippen molar-refractivity contribution in [1.82, 2.24) is 0 Å². The lowest BCUT2D eigenvalue weighted by Crippen LogP contribution is -2.04. The van der Waals surface area contributed by atoms with Crippen LogP contribution in [-0.4, -0.2) is 11.7 Å². The predicted octanol–water partition coefficient (Wildman–Crippen LogP) is 4.03. The highest BCUT2D eigenvalue weighted by atomic mass is 19.1. The SMILES string of the molecule is CCCOc1cccc(C(O)Cc2ccc(F)cc2F)c1. The third-order valence-corrected chi connectivity index (χ3v) is 3.14. The Labute approximate surface area is 123 Å². The molecule has 0 saturated heterocycles. The van der Waals surface area contributed by atoms with Gasteiger partial charge >= 0.3 is 0 Å². The Morgan fingerprint density at radius 1 is 1.14 bits per heavy atom. The van der Waals surface area contributed by atoms with Crippen LogP contribution in [0.5, 0.6) is 5.75 Å². The molecule has 0 amide bonds.